The Labute approximate surface area is 112 Å². The van der Waals surface area contributed by atoms with Crippen LogP contribution in [0.3, 0.4) is 0 Å². The van der Waals surface area contributed by atoms with Crippen molar-refractivity contribution in [2.24, 2.45) is 0 Å². The Hall–Kier alpha value is -1.63. The first-order valence-corrected chi connectivity index (χ1v) is 6.20. The second kappa shape index (κ2) is 7.08. The Bertz CT molecular complexity index is 458. The molecule has 3 nitrogen and oxygen atoms in total. The first kappa shape index (κ1) is 15.4. The number of alkyl halides is 3. The van der Waals surface area contributed by atoms with Crippen molar-refractivity contribution in [1.29, 1.82) is 0 Å². The van der Waals surface area contributed by atoms with Crippen LogP contribution in [0, 0.1) is 0 Å². The number of benzene rings is 1. The summed E-state index contributed by atoms with van der Waals surface area (Å²) in [6, 6.07) is 6.44. The fraction of sp³-hybridized carbons (Fsp3) is 0.250. The average molecular weight is 292 g/mol. The van der Waals surface area contributed by atoms with E-state index in [-0.39, 0.29) is 24.1 Å². The molecular weight excluding hydrogens is 281 g/mol. The van der Waals surface area contributed by atoms with Crippen molar-refractivity contribution in [3.05, 3.63) is 35.9 Å². The molecule has 0 amide bonds. The number of aliphatic carboxylic acids is 1. The van der Waals surface area contributed by atoms with Gasteiger partial charge >= 0.3 is 11.5 Å². The summed E-state index contributed by atoms with van der Waals surface area (Å²) in [6.45, 7) is -0.0731. The molecule has 0 aliphatic carbocycles. The van der Waals surface area contributed by atoms with E-state index in [1.165, 1.54) is 6.08 Å². The molecular formula is C12H11F3O3S. The highest BCUT2D eigenvalue weighted by Gasteiger charge is 2.27. The van der Waals surface area contributed by atoms with Gasteiger partial charge in [-0.3, -0.25) is 0 Å². The van der Waals surface area contributed by atoms with E-state index in [1.54, 1.807) is 24.3 Å². The molecule has 1 rings (SSSR count). The summed E-state index contributed by atoms with van der Waals surface area (Å²) in [4.78, 5) is 10.3. The molecule has 0 bridgehead atoms. The molecule has 0 aliphatic rings. The molecule has 0 saturated heterocycles. The molecule has 0 radical (unpaired) electrons. The number of hydrogen-bond donors (Lipinski definition) is 1. The van der Waals surface area contributed by atoms with Crippen molar-refractivity contribution in [1.82, 2.24) is 0 Å². The predicted molar refractivity (Wildman–Crippen MR) is 67.1 cm³/mol. The van der Waals surface area contributed by atoms with Crippen LogP contribution in [0.2, 0.25) is 0 Å². The zero-order chi connectivity index (χ0) is 14.3. The number of carbonyl (C=O) groups is 1. The largest absolute Gasteiger partial charge is 0.493 e. The van der Waals surface area contributed by atoms with Gasteiger partial charge in [-0.1, -0.05) is 12.1 Å². The van der Waals surface area contributed by atoms with Crippen LogP contribution in [0.15, 0.2) is 30.3 Å². The first-order chi connectivity index (χ1) is 8.87. The summed E-state index contributed by atoms with van der Waals surface area (Å²) >= 11 is -0.146. The Balaban J connectivity index is 2.46. The average Bonchev–Trinajstić information content (AvgIpc) is 2.32. The van der Waals surface area contributed by atoms with E-state index >= 15 is 0 Å². The molecule has 1 aromatic rings. The van der Waals surface area contributed by atoms with Gasteiger partial charge in [-0.15, -0.1) is 0 Å². The third-order valence-corrected chi connectivity index (χ3v) is 2.59. The van der Waals surface area contributed by atoms with Crippen LogP contribution >= 0.6 is 11.8 Å². The number of carboxylic acid groups (broad SMARTS) is 1. The summed E-state index contributed by atoms with van der Waals surface area (Å²) in [5.41, 5.74) is -3.65. The van der Waals surface area contributed by atoms with Crippen LogP contribution in [0.5, 0.6) is 5.75 Å². The van der Waals surface area contributed by atoms with Gasteiger partial charge < -0.3 is 9.84 Å². The number of thioether (sulfide) groups is 1. The smallest absolute Gasteiger partial charge is 0.441 e. The molecule has 0 spiro atoms. The maximum Gasteiger partial charge on any atom is 0.441 e. The van der Waals surface area contributed by atoms with Crippen LogP contribution in [-0.2, 0) is 4.79 Å². The second-order valence-electron chi connectivity index (χ2n) is 3.39. The van der Waals surface area contributed by atoms with Crippen molar-refractivity contribution in [2.75, 3.05) is 12.4 Å². The lowest BCUT2D eigenvalue weighted by atomic mass is 10.2. The van der Waals surface area contributed by atoms with Crippen molar-refractivity contribution >= 4 is 23.8 Å². The standard InChI is InChI=1S/C12H11F3O3S/c13-12(14,15)19-7-6-18-10-3-1-2-9(8-10)4-5-11(16)17/h1-5,8H,6-7H2,(H,16,17)/b5-4+. The monoisotopic (exact) mass is 292 g/mol. The molecule has 0 aliphatic heterocycles. The number of carboxylic acids is 1. The van der Waals surface area contributed by atoms with Crippen molar-refractivity contribution in [2.45, 2.75) is 5.51 Å². The van der Waals surface area contributed by atoms with E-state index in [0.29, 0.717) is 11.3 Å². The van der Waals surface area contributed by atoms with Crippen molar-refractivity contribution in [3.63, 3.8) is 0 Å². The molecule has 0 aromatic heterocycles. The summed E-state index contributed by atoms with van der Waals surface area (Å²) in [5, 5.41) is 8.47. The molecule has 0 unspecified atom stereocenters. The summed E-state index contributed by atoms with van der Waals surface area (Å²) in [7, 11) is 0. The second-order valence-corrected chi connectivity index (χ2v) is 4.55. The highest BCUT2D eigenvalue weighted by atomic mass is 32.2. The van der Waals surface area contributed by atoms with E-state index in [0.717, 1.165) is 6.08 Å². The van der Waals surface area contributed by atoms with E-state index in [4.69, 9.17) is 9.84 Å². The van der Waals surface area contributed by atoms with Gasteiger partial charge in [0.1, 0.15) is 5.75 Å². The van der Waals surface area contributed by atoms with Gasteiger partial charge in [0.25, 0.3) is 0 Å². The molecule has 19 heavy (non-hydrogen) atoms. The molecule has 1 N–H and O–H groups in total. The molecule has 0 saturated carbocycles. The minimum absolute atomic E-state index is 0.0731. The van der Waals surface area contributed by atoms with Crippen LogP contribution in [-0.4, -0.2) is 28.9 Å². The van der Waals surface area contributed by atoms with Gasteiger partial charge in [-0.2, -0.15) is 13.2 Å². The quantitative estimate of drug-likeness (QED) is 0.644. The Morgan fingerprint density at radius 1 is 1.42 bits per heavy atom. The number of halogens is 3. The van der Waals surface area contributed by atoms with Gasteiger partial charge in [-0.25, -0.2) is 4.79 Å². The van der Waals surface area contributed by atoms with Gasteiger partial charge in [-0.05, 0) is 35.5 Å². The predicted octanol–water partition coefficient (Wildman–Crippen LogP) is 3.42. The van der Waals surface area contributed by atoms with E-state index < -0.39 is 11.5 Å². The zero-order valence-electron chi connectivity index (χ0n) is 9.68. The van der Waals surface area contributed by atoms with Crippen molar-refractivity contribution < 1.29 is 27.8 Å². The lowest BCUT2D eigenvalue weighted by molar-refractivity contribution is -0.131. The zero-order valence-corrected chi connectivity index (χ0v) is 10.5. The van der Waals surface area contributed by atoms with Crippen LogP contribution in [0.4, 0.5) is 13.2 Å². The summed E-state index contributed by atoms with van der Waals surface area (Å²) in [6.07, 6.45) is 2.35. The van der Waals surface area contributed by atoms with E-state index in [2.05, 4.69) is 0 Å². The molecule has 104 valence electrons. The lowest BCUT2D eigenvalue weighted by Crippen LogP contribution is -2.07. The molecule has 0 heterocycles. The maximum atomic E-state index is 11.9. The summed E-state index contributed by atoms with van der Waals surface area (Å²) < 4.78 is 40.7. The third kappa shape index (κ3) is 7.40. The van der Waals surface area contributed by atoms with Crippen LogP contribution < -0.4 is 4.74 Å². The SMILES string of the molecule is O=C(O)/C=C/c1cccc(OCCSC(F)(F)F)c1. The van der Waals surface area contributed by atoms with Crippen LogP contribution in [0.1, 0.15) is 5.56 Å². The minimum Gasteiger partial charge on any atom is -0.493 e. The maximum absolute atomic E-state index is 11.9. The molecule has 0 atom stereocenters. The Morgan fingerprint density at radius 3 is 2.79 bits per heavy atom. The topological polar surface area (TPSA) is 46.5 Å². The first-order valence-electron chi connectivity index (χ1n) is 5.21. The van der Waals surface area contributed by atoms with Gasteiger partial charge in [0.15, 0.2) is 0 Å². The fourth-order valence-corrected chi connectivity index (χ4v) is 1.59. The number of hydrogen-bond acceptors (Lipinski definition) is 3. The molecule has 1 aromatic carbocycles. The fourth-order valence-electron chi connectivity index (χ4n) is 1.19. The Morgan fingerprint density at radius 2 is 2.16 bits per heavy atom. The Kier molecular flexibility index (Phi) is 5.75. The minimum atomic E-state index is -4.25. The van der Waals surface area contributed by atoms with Crippen molar-refractivity contribution in [3.8, 4) is 5.75 Å². The summed E-state index contributed by atoms with van der Waals surface area (Å²) in [5.74, 6) is -0.873. The van der Waals surface area contributed by atoms with Gasteiger partial charge in [0.05, 0.1) is 6.61 Å². The van der Waals surface area contributed by atoms with E-state index in [1.807, 2.05) is 0 Å². The lowest BCUT2D eigenvalue weighted by Gasteiger charge is -2.08. The van der Waals surface area contributed by atoms with E-state index in [9.17, 15) is 18.0 Å². The number of rotatable bonds is 6. The highest BCUT2D eigenvalue weighted by molar-refractivity contribution is 8.00. The van der Waals surface area contributed by atoms with Crippen LogP contribution in [0.25, 0.3) is 6.08 Å². The molecule has 0 fully saturated rings. The molecule has 7 heteroatoms. The third-order valence-electron chi connectivity index (χ3n) is 1.89. The normalized spacial score (nSPS) is 11.7. The van der Waals surface area contributed by atoms with Gasteiger partial charge in [0.2, 0.25) is 0 Å². The highest BCUT2D eigenvalue weighted by Crippen LogP contribution is 2.29. The van der Waals surface area contributed by atoms with Gasteiger partial charge in [0, 0.05) is 11.8 Å². The number of ether oxygens (including phenoxy) is 1.